The van der Waals surface area contributed by atoms with Gasteiger partial charge in [0.15, 0.2) is 5.78 Å². The molecule has 2 heterocycles. The molecule has 138 valence electrons. The normalized spacial score (nSPS) is 17.2. The van der Waals surface area contributed by atoms with Crippen LogP contribution in [0.3, 0.4) is 0 Å². The van der Waals surface area contributed by atoms with Crippen LogP contribution in [0, 0.1) is 5.92 Å². The first kappa shape index (κ1) is 17.5. The monoisotopic (exact) mass is 361 g/mol. The summed E-state index contributed by atoms with van der Waals surface area (Å²) in [6.45, 7) is 1.27. The molecule has 0 aliphatic carbocycles. The van der Waals surface area contributed by atoms with Crippen molar-refractivity contribution in [3.63, 3.8) is 0 Å². The largest absolute Gasteiger partial charge is 0.342 e. The minimum Gasteiger partial charge on any atom is -0.342 e. The zero-order valence-electron chi connectivity index (χ0n) is 15.2. The minimum absolute atomic E-state index is 0.113. The Kier molecular flexibility index (Phi) is 5.01. The van der Waals surface area contributed by atoms with Gasteiger partial charge >= 0.3 is 0 Å². The van der Waals surface area contributed by atoms with Gasteiger partial charge in [0.1, 0.15) is 0 Å². The van der Waals surface area contributed by atoms with Crippen LogP contribution < -0.4 is 0 Å². The molecular formula is C22H23N3O2. The Morgan fingerprint density at radius 1 is 1.15 bits per heavy atom. The van der Waals surface area contributed by atoms with Crippen molar-refractivity contribution in [2.75, 3.05) is 13.1 Å². The van der Waals surface area contributed by atoms with E-state index in [4.69, 9.17) is 0 Å². The molecule has 0 unspecified atom stereocenters. The zero-order valence-corrected chi connectivity index (χ0v) is 15.2. The summed E-state index contributed by atoms with van der Waals surface area (Å²) in [6, 6.07) is 13.9. The zero-order chi connectivity index (χ0) is 18.6. The Labute approximate surface area is 158 Å². The summed E-state index contributed by atoms with van der Waals surface area (Å²) in [5, 5.41) is 8.88. The van der Waals surface area contributed by atoms with Crippen LogP contribution in [0.4, 0.5) is 0 Å². The van der Waals surface area contributed by atoms with Gasteiger partial charge in [0.2, 0.25) is 5.91 Å². The number of nitrogens with one attached hydrogen (secondary N) is 1. The molecule has 0 radical (unpaired) electrons. The van der Waals surface area contributed by atoms with Crippen molar-refractivity contribution in [2.24, 2.45) is 5.92 Å². The Hall–Kier alpha value is -2.95. The maximum atomic E-state index is 13.0. The fraction of sp³-hybridized carbons (Fsp3) is 0.318. The summed E-state index contributed by atoms with van der Waals surface area (Å²) in [5.74, 6) is 0.151. The van der Waals surface area contributed by atoms with Crippen molar-refractivity contribution in [3.05, 3.63) is 66.0 Å². The molecule has 2 aromatic carbocycles. The lowest BCUT2D eigenvalue weighted by Crippen LogP contribution is -2.42. The van der Waals surface area contributed by atoms with E-state index >= 15 is 0 Å². The van der Waals surface area contributed by atoms with Crippen molar-refractivity contribution < 1.29 is 9.59 Å². The van der Waals surface area contributed by atoms with Crippen LogP contribution >= 0.6 is 0 Å². The highest BCUT2D eigenvalue weighted by atomic mass is 16.2. The van der Waals surface area contributed by atoms with E-state index in [0.29, 0.717) is 19.4 Å². The predicted molar refractivity (Wildman–Crippen MR) is 104 cm³/mol. The van der Waals surface area contributed by atoms with Gasteiger partial charge in [-0.15, -0.1) is 0 Å². The molecule has 1 aliphatic heterocycles. The average Bonchev–Trinajstić information content (AvgIpc) is 3.25. The Bertz CT molecular complexity index is 949. The molecule has 1 fully saturated rings. The second-order valence-corrected chi connectivity index (χ2v) is 7.21. The number of aromatic amines is 1. The lowest BCUT2D eigenvalue weighted by atomic mass is 9.89. The Morgan fingerprint density at radius 2 is 2.00 bits per heavy atom. The van der Waals surface area contributed by atoms with Gasteiger partial charge in [0.25, 0.3) is 0 Å². The summed E-state index contributed by atoms with van der Waals surface area (Å²) in [5.41, 5.74) is 1.77. The fourth-order valence-electron chi connectivity index (χ4n) is 3.82. The lowest BCUT2D eigenvalue weighted by molar-refractivity contribution is -0.132. The number of carbonyl (C=O) groups is 2. The third-order valence-electron chi connectivity index (χ3n) is 5.36. The number of Topliss-reactive ketones (excluding diaryl/α,β-unsaturated/α-hetero) is 1. The van der Waals surface area contributed by atoms with Gasteiger partial charge in [-0.05, 0) is 41.7 Å². The quantitative estimate of drug-likeness (QED) is 0.706. The molecule has 3 aromatic rings. The first-order valence-corrected chi connectivity index (χ1v) is 9.49. The number of fused-ring (bicyclic) bond motifs is 1. The van der Waals surface area contributed by atoms with Gasteiger partial charge in [-0.3, -0.25) is 14.7 Å². The summed E-state index contributed by atoms with van der Waals surface area (Å²) in [4.78, 5) is 27.4. The predicted octanol–water partition coefficient (Wildman–Crippen LogP) is 3.62. The molecule has 5 heteroatoms. The Morgan fingerprint density at radius 3 is 2.81 bits per heavy atom. The van der Waals surface area contributed by atoms with E-state index in [2.05, 4.69) is 10.2 Å². The molecule has 27 heavy (non-hydrogen) atoms. The number of carbonyl (C=O) groups excluding carboxylic acids is 2. The van der Waals surface area contributed by atoms with E-state index in [1.807, 2.05) is 53.6 Å². The molecule has 0 spiro atoms. The third-order valence-corrected chi connectivity index (χ3v) is 5.36. The lowest BCUT2D eigenvalue weighted by Gasteiger charge is -2.32. The first-order valence-electron chi connectivity index (χ1n) is 9.49. The molecule has 1 saturated heterocycles. The van der Waals surface area contributed by atoms with E-state index in [1.54, 1.807) is 6.20 Å². The second-order valence-electron chi connectivity index (χ2n) is 7.21. The number of piperidine rings is 1. The van der Waals surface area contributed by atoms with Crippen molar-refractivity contribution in [3.8, 4) is 0 Å². The number of hydrogen-bond donors (Lipinski definition) is 1. The number of aryl methyl sites for hydroxylation is 1. The molecule has 0 saturated carbocycles. The minimum atomic E-state index is -0.113. The highest BCUT2D eigenvalue weighted by Crippen LogP contribution is 2.24. The van der Waals surface area contributed by atoms with Crippen LogP contribution in [-0.4, -0.2) is 39.9 Å². The van der Waals surface area contributed by atoms with E-state index in [9.17, 15) is 9.59 Å². The van der Waals surface area contributed by atoms with E-state index < -0.39 is 0 Å². The maximum Gasteiger partial charge on any atom is 0.222 e. The van der Waals surface area contributed by atoms with Crippen LogP contribution in [0.2, 0.25) is 0 Å². The van der Waals surface area contributed by atoms with Gasteiger partial charge in [0.05, 0.1) is 6.20 Å². The molecule has 0 bridgehead atoms. The van der Waals surface area contributed by atoms with E-state index in [1.165, 1.54) is 0 Å². The molecular weight excluding hydrogens is 338 g/mol. The fourth-order valence-corrected chi connectivity index (χ4v) is 3.82. The number of hydrogen-bond acceptors (Lipinski definition) is 3. The topological polar surface area (TPSA) is 66.1 Å². The smallest absolute Gasteiger partial charge is 0.222 e. The summed E-state index contributed by atoms with van der Waals surface area (Å²) >= 11 is 0. The summed E-state index contributed by atoms with van der Waals surface area (Å²) in [6.07, 6.45) is 6.41. The molecule has 1 atom stereocenters. The van der Waals surface area contributed by atoms with Crippen LogP contribution in [0.1, 0.15) is 35.2 Å². The number of nitrogens with zero attached hydrogens (tertiary/aromatic N) is 2. The second kappa shape index (κ2) is 7.74. The number of H-pyrrole nitrogens is 1. The van der Waals surface area contributed by atoms with E-state index in [0.717, 1.165) is 41.3 Å². The summed E-state index contributed by atoms with van der Waals surface area (Å²) in [7, 11) is 0. The number of ketones is 1. The van der Waals surface area contributed by atoms with Crippen molar-refractivity contribution >= 4 is 22.5 Å². The van der Waals surface area contributed by atoms with Crippen molar-refractivity contribution in [1.29, 1.82) is 0 Å². The van der Waals surface area contributed by atoms with Crippen molar-refractivity contribution in [1.82, 2.24) is 15.1 Å². The van der Waals surface area contributed by atoms with Gasteiger partial charge < -0.3 is 4.90 Å². The number of amides is 1. The number of aromatic nitrogens is 2. The first-order chi connectivity index (χ1) is 13.2. The highest BCUT2D eigenvalue weighted by Gasteiger charge is 2.28. The SMILES string of the molecule is O=C(c1ccc2ccccc2c1)[C@@H]1CCCN(C(=O)CCc2cn[nH]c2)C1. The van der Waals surface area contributed by atoms with Crippen molar-refractivity contribution in [2.45, 2.75) is 25.7 Å². The molecule has 1 aliphatic rings. The third kappa shape index (κ3) is 3.92. The van der Waals surface area contributed by atoms with E-state index in [-0.39, 0.29) is 17.6 Å². The standard InChI is InChI=1S/C22H23N3O2/c26-21(10-7-16-13-23-24-14-16)25-11-3-6-20(15-25)22(27)19-9-8-17-4-1-2-5-18(17)12-19/h1-2,4-5,8-9,12-14,20H,3,6-7,10-11,15H2,(H,23,24)/t20-/m1/s1. The highest BCUT2D eigenvalue weighted by molar-refractivity contribution is 6.01. The molecule has 1 amide bonds. The van der Waals surface area contributed by atoms with Crippen LogP contribution in [0.15, 0.2) is 54.9 Å². The molecule has 5 nitrogen and oxygen atoms in total. The van der Waals surface area contributed by atoms with Gasteiger partial charge in [-0.1, -0.05) is 36.4 Å². The van der Waals surface area contributed by atoms with Gasteiger partial charge in [-0.2, -0.15) is 5.10 Å². The molecule has 4 rings (SSSR count). The maximum absolute atomic E-state index is 13.0. The Balaban J connectivity index is 1.42. The van der Waals surface area contributed by atoms with Crippen LogP contribution in [0.25, 0.3) is 10.8 Å². The number of rotatable bonds is 5. The van der Waals surface area contributed by atoms with Gasteiger partial charge in [-0.25, -0.2) is 0 Å². The molecule has 1 aromatic heterocycles. The van der Waals surface area contributed by atoms with Crippen LogP contribution in [0.5, 0.6) is 0 Å². The number of likely N-dealkylation sites (tertiary alicyclic amines) is 1. The van der Waals surface area contributed by atoms with Gasteiger partial charge in [0, 0.05) is 37.2 Å². The number of benzene rings is 2. The summed E-state index contributed by atoms with van der Waals surface area (Å²) < 4.78 is 0. The average molecular weight is 361 g/mol. The molecule has 1 N–H and O–H groups in total. The van der Waals surface area contributed by atoms with Crippen LogP contribution in [-0.2, 0) is 11.2 Å².